The van der Waals surface area contributed by atoms with Crippen molar-refractivity contribution >= 4 is 24.0 Å². The number of fused-ring (bicyclic) bond motifs is 3. The molecule has 0 radical (unpaired) electrons. The van der Waals surface area contributed by atoms with Crippen LogP contribution in [0.4, 0.5) is 9.59 Å². The number of nitrogens with one attached hydrogen (secondary N) is 4. The van der Waals surface area contributed by atoms with Gasteiger partial charge in [-0.2, -0.15) is 0 Å². The van der Waals surface area contributed by atoms with Crippen LogP contribution in [0.1, 0.15) is 90.5 Å². The number of hydrogen-bond donors (Lipinski definition) is 4. The molecule has 58 heavy (non-hydrogen) atoms. The maximum Gasteiger partial charge on any atom is 0.407 e. The molecule has 2 aromatic heterocycles. The number of aromatic nitrogens is 4. The van der Waals surface area contributed by atoms with E-state index in [1.54, 1.807) is 0 Å². The molecule has 14 nitrogen and oxygen atoms in total. The zero-order valence-corrected chi connectivity index (χ0v) is 34.2. The Morgan fingerprint density at radius 1 is 0.707 bits per heavy atom. The minimum Gasteiger partial charge on any atom is -0.453 e. The van der Waals surface area contributed by atoms with Crippen molar-refractivity contribution in [2.75, 3.05) is 14.2 Å². The molecule has 2 bridgehead atoms. The van der Waals surface area contributed by atoms with Gasteiger partial charge < -0.3 is 39.9 Å². The summed E-state index contributed by atoms with van der Waals surface area (Å²) in [5.41, 5.74) is 5.89. The van der Waals surface area contributed by atoms with E-state index in [-0.39, 0.29) is 53.2 Å². The molecule has 4 fully saturated rings. The first-order chi connectivity index (χ1) is 27.8. The summed E-state index contributed by atoms with van der Waals surface area (Å²) < 4.78 is 9.63. The average molecular weight is 791 g/mol. The van der Waals surface area contributed by atoms with Gasteiger partial charge in [0.05, 0.1) is 50.1 Å². The number of carbonyl (C=O) groups excluding carboxylic acids is 4. The zero-order valence-electron chi connectivity index (χ0n) is 34.2. The van der Waals surface area contributed by atoms with Crippen LogP contribution < -0.4 is 10.6 Å². The number of aromatic amines is 2. The standard InChI is InChI=1S/C44H54N8O6/c1-23(2)35(49-42(55)57-6)40(53)51-30-17-16-29(18-30)37(51)39-46-22-32(48-39)28-14-10-26(11-15-28)25-8-12-27(13-9-25)31-21-45-38(47-31)33-19-44(5)20-34(44)52(33)41(54)36(24(3)4)50-43(56)58-7/h8-15,21-24,29-30,33-37H,16-20H2,1-7H3,(H,45,47)(H,46,48)(H,49,55)(H,50,56)/t29-,30+,33-,34-,35-,36-,37-,44?/m0/s1. The topological polar surface area (TPSA) is 175 Å². The van der Waals surface area contributed by atoms with Gasteiger partial charge in [-0.3, -0.25) is 9.59 Å². The molecule has 8 atom stereocenters. The Balaban J connectivity index is 0.949. The molecule has 306 valence electrons. The fourth-order valence-corrected chi connectivity index (χ4v) is 9.68. The number of benzene rings is 2. The number of rotatable bonds is 11. The number of methoxy groups -OCH3 is 2. The molecule has 2 saturated carbocycles. The van der Waals surface area contributed by atoms with Crippen LogP contribution in [-0.4, -0.2) is 92.1 Å². The highest BCUT2D eigenvalue weighted by molar-refractivity contribution is 5.88. The van der Waals surface area contributed by atoms with E-state index < -0.39 is 24.3 Å². The van der Waals surface area contributed by atoms with Crippen molar-refractivity contribution in [3.8, 4) is 33.6 Å². The summed E-state index contributed by atoms with van der Waals surface area (Å²) in [4.78, 5) is 72.5. The lowest BCUT2D eigenvalue weighted by atomic mass is 9.95. The van der Waals surface area contributed by atoms with Crippen LogP contribution in [0.5, 0.6) is 0 Å². The van der Waals surface area contributed by atoms with E-state index in [0.717, 1.165) is 77.4 Å². The predicted octanol–water partition coefficient (Wildman–Crippen LogP) is 7.00. The average Bonchev–Trinajstić information content (AvgIpc) is 3.92. The van der Waals surface area contributed by atoms with Crippen molar-refractivity contribution in [3.63, 3.8) is 0 Å². The predicted molar refractivity (Wildman–Crippen MR) is 217 cm³/mol. The van der Waals surface area contributed by atoms with E-state index in [0.29, 0.717) is 5.92 Å². The van der Waals surface area contributed by atoms with Gasteiger partial charge in [0.15, 0.2) is 0 Å². The maximum atomic E-state index is 13.9. The number of amides is 4. The molecular formula is C44H54N8O6. The lowest BCUT2D eigenvalue weighted by Gasteiger charge is -2.37. The number of H-pyrrole nitrogens is 2. The number of alkyl carbamates (subject to hydrolysis) is 2. The smallest absolute Gasteiger partial charge is 0.407 e. The van der Waals surface area contributed by atoms with E-state index in [1.807, 2.05) is 49.9 Å². The molecule has 4 N–H and O–H groups in total. The molecule has 2 aromatic carbocycles. The summed E-state index contributed by atoms with van der Waals surface area (Å²) in [5.74, 6) is 1.41. The quantitative estimate of drug-likeness (QED) is 0.126. The van der Waals surface area contributed by atoms with E-state index in [4.69, 9.17) is 19.4 Å². The van der Waals surface area contributed by atoms with Gasteiger partial charge in [0.2, 0.25) is 11.8 Å². The highest BCUT2D eigenvalue weighted by atomic mass is 16.5. The van der Waals surface area contributed by atoms with Crippen LogP contribution in [0.2, 0.25) is 0 Å². The Morgan fingerprint density at radius 2 is 1.19 bits per heavy atom. The van der Waals surface area contributed by atoms with E-state index >= 15 is 0 Å². The Labute approximate surface area is 338 Å². The van der Waals surface area contributed by atoms with E-state index in [2.05, 4.69) is 76.1 Å². The Morgan fingerprint density at radius 3 is 1.71 bits per heavy atom. The molecule has 4 amide bonds. The van der Waals surface area contributed by atoms with Gasteiger partial charge in [0, 0.05) is 12.1 Å². The van der Waals surface area contributed by atoms with E-state index in [9.17, 15) is 19.2 Å². The molecule has 8 rings (SSSR count). The molecular weight excluding hydrogens is 737 g/mol. The van der Waals surface area contributed by atoms with Gasteiger partial charge in [-0.25, -0.2) is 19.6 Å². The SMILES string of the molecule is COC(=O)N[C@H](C(=O)N1[C@@H]2CC[C@@H](C2)[C@H]1c1ncc(-c2ccc(-c3ccc(-c4cnc([C@@H]5CC6(C)C[C@@H]6N5C(=O)[C@@H](NC(=O)OC)C(C)C)[nH]4)cc3)cc2)[nH]1)C(C)C. The highest BCUT2D eigenvalue weighted by Crippen LogP contribution is 2.63. The number of likely N-dealkylation sites (tertiary alicyclic amines) is 2. The third-order valence-corrected chi connectivity index (χ3v) is 13.0. The summed E-state index contributed by atoms with van der Waals surface area (Å²) in [6.07, 6.45) is 7.11. The maximum absolute atomic E-state index is 13.9. The van der Waals surface area contributed by atoms with Gasteiger partial charge in [-0.05, 0) is 77.5 Å². The summed E-state index contributed by atoms with van der Waals surface area (Å²) in [5, 5.41) is 5.50. The van der Waals surface area contributed by atoms with Crippen LogP contribution in [0.25, 0.3) is 33.6 Å². The second-order valence-corrected chi connectivity index (χ2v) is 17.5. The summed E-state index contributed by atoms with van der Waals surface area (Å²) in [6.45, 7) is 9.91. The molecule has 0 spiro atoms. The fraction of sp³-hybridized carbons (Fsp3) is 0.500. The first-order valence-corrected chi connectivity index (χ1v) is 20.4. The normalized spacial score (nSPS) is 25.4. The molecule has 4 aliphatic rings. The third-order valence-electron chi connectivity index (χ3n) is 13.0. The molecule has 1 unspecified atom stereocenters. The number of piperidine rings is 2. The number of carbonyl (C=O) groups is 4. The molecule has 4 heterocycles. The Kier molecular flexibility index (Phi) is 10.3. The Hall–Kier alpha value is -5.66. The minimum absolute atomic E-state index is 0.0389. The van der Waals surface area contributed by atoms with Crippen molar-refractivity contribution in [2.24, 2.45) is 23.2 Å². The van der Waals surface area contributed by atoms with Crippen LogP contribution >= 0.6 is 0 Å². The van der Waals surface area contributed by atoms with Crippen LogP contribution in [0.15, 0.2) is 60.9 Å². The molecule has 4 aromatic rings. The fourth-order valence-electron chi connectivity index (χ4n) is 9.68. The van der Waals surface area contributed by atoms with Crippen molar-refractivity contribution < 1.29 is 28.7 Å². The Bertz CT molecular complexity index is 2180. The molecule has 2 aliphatic heterocycles. The number of imidazole rings is 2. The van der Waals surface area contributed by atoms with Crippen molar-refractivity contribution in [1.82, 2.24) is 40.4 Å². The van der Waals surface area contributed by atoms with Crippen LogP contribution in [-0.2, 0) is 19.1 Å². The first kappa shape index (κ1) is 39.2. The summed E-state index contributed by atoms with van der Waals surface area (Å²) in [7, 11) is 2.61. The highest BCUT2D eigenvalue weighted by Gasteiger charge is 2.64. The monoisotopic (exact) mass is 790 g/mol. The van der Waals surface area contributed by atoms with Crippen molar-refractivity contribution in [2.45, 2.75) is 103 Å². The summed E-state index contributed by atoms with van der Waals surface area (Å²) in [6, 6.07) is 15.1. The molecule has 14 heteroatoms. The lowest BCUT2D eigenvalue weighted by Crippen LogP contribution is -2.54. The zero-order chi connectivity index (χ0) is 41.0. The van der Waals surface area contributed by atoms with Crippen LogP contribution in [0.3, 0.4) is 0 Å². The van der Waals surface area contributed by atoms with Gasteiger partial charge in [0.1, 0.15) is 23.7 Å². The summed E-state index contributed by atoms with van der Waals surface area (Å²) >= 11 is 0. The van der Waals surface area contributed by atoms with Gasteiger partial charge in [0.25, 0.3) is 0 Å². The lowest BCUT2D eigenvalue weighted by molar-refractivity contribution is -0.139. The van der Waals surface area contributed by atoms with Crippen LogP contribution in [0, 0.1) is 23.2 Å². The largest absolute Gasteiger partial charge is 0.453 e. The van der Waals surface area contributed by atoms with Gasteiger partial charge >= 0.3 is 12.2 Å². The van der Waals surface area contributed by atoms with Gasteiger partial charge in [-0.15, -0.1) is 0 Å². The second-order valence-electron chi connectivity index (χ2n) is 17.5. The number of hydrogen-bond acceptors (Lipinski definition) is 8. The number of nitrogens with zero attached hydrogens (tertiary/aromatic N) is 4. The second kappa shape index (κ2) is 15.3. The van der Waals surface area contributed by atoms with Gasteiger partial charge in [-0.1, -0.05) is 83.1 Å². The molecule has 2 saturated heterocycles. The number of ether oxygens (including phenoxy) is 2. The van der Waals surface area contributed by atoms with Crippen molar-refractivity contribution in [1.29, 1.82) is 0 Å². The minimum atomic E-state index is -0.692. The molecule has 2 aliphatic carbocycles. The van der Waals surface area contributed by atoms with Crippen molar-refractivity contribution in [3.05, 3.63) is 72.6 Å². The third kappa shape index (κ3) is 7.10. The first-order valence-electron chi connectivity index (χ1n) is 20.4. The van der Waals surface area contributed by atoms with E-state index in [1.165, 1.54) is 14.2 Å².